The number of nitrogens with zero attached hydrogens (tertiary/aromatic N) is 1. The van der Waals surface area contributed by atoms with Gasteiger partial charge >= 0.3 is 0 Å². The minimum atomic E-state index is -0.305. The fraction of sp³-hybridized carbons (Fsp3) is 0.600. The molecule has 0 aromatic carbocycles. The third-order valence-electron chi connectivity index (χ3n) is 3.00. The predicted octanol–water partition coefficient (Wildman–Crippen LogP) is 3.12. The molecule has 1 amide bonds. The lowest BCUT2D eigenvalue weighted by Gasteiger charge is -2.06. The van der Waals surface area contributed by atoms with Crippen molar-refractivity contribution < 1.29 is 9.90 Å². The zero-order valence-electron chi connectivity index (χ0n) is 11.9. The topological polar surface area (TPSA) is 62.2 Å². The molecule has 0 bridgehead atoms. The number of aromatic hydroxyl groups is 1. The Morgan fingerprint density at radius 1 is 1.32 bits per heavy atom. The molecule has 1 aromatic rings. The maximum Gasteiger partial charge on any atom is 0.273 e. The highest BCUT2D eigenvalue weighted by atomic mass is 16.3. The average Bonchev–Trinajstić information content (AvgIpc) is 2.37. The summed E-state index contributed by atoms with van der Waals surface area (Å²) in [4.78, 5) is 15.6. The third kappa shape index (κ3) is 6.22. The summed E-state index contributed by atoms with van der Waals surface area (Å²) in [7, 11) is 0. The molecular formula is C15H24N2O2. The van der Waals surface area contributed by atoms with Crippen LogP contribution in [0.2, 0.25) is 0 Å². The van der Waals surface area contributed by atoms with Gasteiger partial charge in [-0.15, -0.1) is 0 Å². The van der Waals surface area contributed by atoms with E-state index >= 15 is 0 Å². The minimum Gasteiger partial charge on any atom is -0.505 e. The molecule has 0 saturated carbocycles. The monoisotopic (exact) mass is 264 g/mol. The highest BCUT2D eigenvalue weighted by Crippen LogP contribution is 2.12. The Balaban J connectivity index is 2.13. The van der Waals surface area contributed by atoms with E-state index in [1.165, 1.54) is 31.5 Å². The van der Waals surface area contributed by atoms with E-state index in [0.717, 1.165) is 18.8 Å². The van der Waals surface area contributed by atoms with E-state index in [9.17, 15) is 9.90 Å². The van der Waals surface area contributed by atoms with Crippen molar-refractivity contribution in [3.8, 4) is 5.75 Å². The molecule has 0 spiro atoms. The number of unbranched alkanes of at least 4 members (excludes halogenated alkanes) is 3. The van der Waals surface area contributed by atoms with Crippen molar-refractivity contribution in [3.05, 3.63) is 24.0 Å². The second-order valence-corrected chi connectivity index (χ2v) is 5.22. The number of aromatic nitrogens is 1. The molecule has 2 N–H and O–H groups in total. The van der Waals surface area contributed by atoms with Crippen molar-refractivity contribution >= 4 is 5.91 Å². The summed E-state index contributed by atoms with van der Waals surface area (Å²) in [5, 5.41) is 12.3. The van der Waals surface area contributed by atoms with Gasteiger partial charge in [-0.25, -0.2) is 4.98 Å². The summed E-state index contributed by atoms with van der Waals surface area (Å²) in [5.41, 5.74) is 0.0994. The number of hydrogen-bond acceptors (Lipinski definition) is 3. The van der Waals surface area contributed by atoms with Crippen molar-refractivity contribution in [2.24, 2.45) is 5.92 Å². The molecule has 19 heavy (non-hydrogen) atoms. The number of hydrogen-bond donors (Lipinski definition) is 2. The van der Waals surface area contributed by atoms with Gasteiger partial charge in [-0.05, 0) is 24.5 Å². The molecule has 0 atom stereocenters. The van der Waals surface area contributed by atoms with E-state index in [0.29, 0.717) is 6.54 Å². The van der Waals surface area contributed by atoms with Crippen LogP contribution in [0.5, 0.6) is 5.75 Å². The van der Waals surface area contributed by atoms with Crippen LogP contribution in [-0.4, -0.2) is 22.5 Å². The van der Waals surface area contributed by atoms with Crippen LogP contribution in [0.25, 0.3) is 0 Å². The van der Waals surface area contributed by atoms with Gasteiger partial charge in [-0.3, -0.25) is 4.79 Å². The number of pyridine rings is 1. The molecule has 0 saturated heterocycles. The highest BCUT2D eigenvalue weighted by molar-refractivity contribution is 5.94. The Labute approximate surface area is 115 Å². The Kier molecular flexibility index (Phi) is 6.93. The van der Waals surface area contributed by atoms with Crippen molar-refractivity contribution in [2.75, 3.05) is 6.54 Å². The Hall–Kier alpha value is -1.58. The Bertz CT molecular complexity index is 391. The SMILES string of the molecule is CC(C)CCCCCCNC(=O)c1ncccc1O. The van der Waals surface area contributed by atoms with E-state index in [4.69, 9.17) is 0 Å². The minimum absolute atomic E-state index is 0.0723. The van der Waals surface area contributed by atoms with E-state index in [1.807, 2.05) is 0 Å². The van der Waals surface area contributed by atoms with E-state index in [-0.39, 0.29) is 17.4 Å². The molecule has 0 radical (unpaired) electrons. The van der Waals surface area contributed by atoms with E-state index in [2.05, 4.69) is 24.1 Å². The number of rotatable bonds is 8. The zero-order chi connectivity index (χ0) is 14.1. The summed E-state index contributed by atoms with van der Waals surface area (Å²) >= 11 is 0. The quantitative estimate of drug-likeness (QED) is 0.709. The van der Waals surface area contributed by atoms with Gasteiger partial charge in [-0.1, -0.05) is 39.5 Å². The van der Waals surface area contributed by atoms with Crippen molar-refractivity contribution in [3.63, 3.8) is 0 Å². The molecule has 0 unspecified atom stereocenters. The Morgan fingerprint density at radius 3 is 2.74 bits per heavy atom. The maximum absolute atomic E-state index is 11.7. The van der Waals surface area contributed by atoms with Gasteiger partial charge in [0, 0.05) is 12.7 Å². The molecule has 0 aliphatic rings. The molecular weight excluding hydrogens is 240 g/mol. The number of carbonyl (C=O) groups is 1. The Morgan fingerprint density at radius 2 is 2.05 bits per heavy atom. The molecule has 0 fully saturated rings. The predicted molar refractivity (Wildman–Crippen MR) is 76.2 cm³/mol. The summed E-state index contributed by atoms with van der Waals surface area (Å²) in [6.45, 7) is 5.11. The lowest BCUT2D eigenvalue weighted by atomic mass is 10.0. The second kappa shape index (κ2) is 8.51. The van der Waals surface area contributed by atoms with Crippen LogP contribution in [0.3, 0.4) is 0 Å². The molecule has 106 valence electrons. The van der Waals surface area contributed by atoms with Gasteiger partial charge in [0.2, 0.25) is 0 Å². The summed E-state index contributed by atoms with van der Waals surface area (Å²) in [6.07, 6.45) is 7.34. The normalized spacial score (nSPS) is 10.7. The van der Waals surface area contributed by atoms with Gasteiger partial charge in [-0.2, -0.15) is 0 Å². The first-order valence-corrected chi connectivity index (χ1v) is 7.03. The number of carbonyl (C=O) groups excluding carboxylic acids is 1. The summed E-state index contributed by atoms with van der Waals surface area (Å²) < 4.78 is 0. The van der Waals surface area contributed by atoms with Crippen LogP contribution < -0.4 is 5.32 Å². The number of nitrogens with one attached hydrogen (secondary N) is 1. The van der Waals surface area contributed by atoms with Crippen molar-refractivity contribution in [2.45, 2.75) is 46.0 Å². The molecule has 0 aliphatic heterocycles. The number of amides is 1. The van der Waals surface area contributed by atoms with Crippen molar-refractivity contribution in [1.29, 1.82) is 0 Å². The summed E-state index contributed by atoms with van der Waals surface area (Å²) in [6, 6.07) is 3.06. The van der Waals surface area contributed by atoms with Crippen LogP contribution in [0, 0.1) is 5.92 Å². The van der Waals surface area contributed by atoms with Gasteiger partial charge in [0.25, 0.3) is 5.91 Å². The molecule has 1 rings (SSSR count). The maximum atomic E-state index is 11.7. The first-order chi connectivity index (χ1) is 9.11. The standard InChI is InChI=1S/C15H24N2O2/c1-12(2)8-5-3-4-6-10-17-15(19)14-13(18)9-7-11-16-14/h7,9,11-12,18H,3-6,8,10H2,1-2H3,(H,17,19). The van der Waals surface area contributed by atoms with Gasteiger partial charge in [0.05, 0.1) is 0 Å². The van der Waals surface area contributed by atoms with Gasteiger partial charge in [0.1, 0.15) is 5.75 Å². The molecule has 4 heteroatoms. The molecule has 1 heterocycles. The van der Waals surface area contributed by atoms with Crippen molar-refractivity contribution in [1.82, 2.24) is 10.3 Å². The summed E-state index contributed by atoms with van der Waals surface area (Å²) in [5.74, 6) is 0.393. The van der Waals surface area contributed by atoms with Crippen LogP contribution in [-0.2, 0) is 0 Å². The largest absolute Gasteiger partial charge is 0.505 e. The highest BCUT2D eigenvalue weighted by Gasteiger charge is 2.10. The second-order valence-electron chi connectivity index (χ2n) is 5.22. The van der Waals surface area contributed by atoms with Crippen LogP contribution in [0.15, 0.2) is 18.3 Å². The zero-order valence-corrected chi connectivity index (χ0v) is 11.9. The fourth-order valence-electron chi connectivity index (χ4n) is 1.89. The average molecular weight is 264 g/mol. The molecule has 1 aromatic heterocycles. The first kappa shape index (κ1) is 15.5. The lowest BCUT2D eigenvalue weighted by Crippen LogP contribution is -2.25. The van der Waals surface area contributed by atoms with Crippen LogP contribution in [0.1, 0.15) is 56.4 Å². The van der Waals surface area contributed by atoms with Crippen LogP contribution in [0.4, 0.5) is 0 Å². The first-order valence-electron chi connectivity index (χ1n) is 7.03. The van der Waals surface area contributed by atoms with E-state index < -0.39 is 0 Å². The van der Waals surface area contributed by atoms with Gasteiger partial charge in [0.15, 0.2) is 5.69 Å². The lowest BCUT2D eigenvalue weighted by molar-refractivity contribution is 0.0945. The third-order valence-corrected chi connectivity index (χ3v) is 3.00. The van der Waals surface area contributed by atoms with Gasteiger partial charge < -0.3 is 10.4 Å². The van der Waals surface area contributed by atoms with Crippen LogP contribution >= 0.6 is 0 Å². The fourth-order valence-corrected chi connectivity index (χ4v) is 1.89. The molecule has 4 nitrogen and oxygen atoms in total. The smallest absolute Gasteiger partial charge is 0.273 e. The van der Waals surface area contributed by atoms with E-state index in [1.54, 1.807) is 6.07 Å². The molecule has 0 aliphatic carbocycles.